The quantitative estimate of drug-likeness (QED) is 0.331. The van der Waals surface area contributed by atoms with E-state index in [1.165, 1.54) is 33.0 Å². The fourth-order valence-electron chi connectivity index (χ4n) is 5.47. The molecular formula is C34H43NO2. The predicted molar refractivity (Wildman–Crippen MR) is 157 cm³/mol. The smallest absolute Gasteiger partial charge is 0.158 e. The summed E-state index contributed by atoms with van der Waals surface area (Å²) in [6, 6.07) is 15.3. The number of nitrogens with one attached hydrogen (secondary N) is 1. The largest absolute Gasteiger partial charge is 0.496 e. The van der Waals surface area contributed by atoms with Crippen molar-refractivity contribution in [2.24, 2.45) is 17.3 Å². The lowest BCUT2D eigenvalue weighted by atomic mass is 9.77. The van der Waals surface area contributed by atoms with Crippen molar-refractivity contribution in [1.82, 2.24) is 0 Å². The highest BCUT2D eigenvalue weighted by Crippen LogP contribution is 2.38. The number of allylic oxidation sites excluding steroid dienone is 2. The molecule has 1 aliphatic rings. The third-order valence-corrected chi connectivity index (χ3v) is 8.11. The predicted octanol–water partition coefficient (Wildman–Crippen LogP) is 9.04. The second-order valence-corrected chi connectivity index (χ2v) is 12.0. The van der Waals surface area contributed by atoms with E-state index in [2.05, 4.69) is 89.3 Å². The van der Waals surface area contributed by atoms with Crippen molar-refractivity contribution in [3.05, 3.63) is 76.9 Å². The fourth-order valence-corrected chi connectivity index (χ4v) is 5.47. The highest BCUT2D eigenvalue weighted by molar-refractivity contribution is 5.97. The molecule has 0 heterocycles. The van der Waals surface area contributed by atoms with Crippen LogP contribution in [-0.4, -0.2) is 12.9 Å². The molecule has 0 aromatic heterocycles. The SMILES string of the molecule is COc1cc2cccc(Nc3ccc(C)c(C)c3C)c2cc1CC1CCC(C(=O)/C=C/C(C)(C)C)CC1. The van der Waals surface area contributed by atoms with Gasteiger partial charge in [0.15, 0.2) is 5.78 Å². The van der Waals surface area contributed by atoms with Crippen molar-refractivity contribution in [3.63, 3.8) is 0 Å². The zero-order chi connectivity index (χ0) is 26.7. The first-order valence-electron chi connectivity index (χ1n) is 13.7. The molecule has 1 saturated carbocycles. The van der Waals surface area contributed by atoms with Crippen LogP contribution in [0.25, 0.3) is 10.8 Å². The lowest BCUT2D eigenvalue weighted by molar-refractivity contribution is -0.119. The molecule has 37 heavy (non-hydrogen) atoms. The van der Waals surface area contributed by atoms with Crippen molar-refractivity contribution in [1.29, 1.82) is 0 Å². The highest BCUT2D eigenvalue weighted by atomic mass is 16.5. The van der Waals surface area contributed by atoms with Crippen LogP contribution in [0.2, 0.25) is 0 Å². The first-order chi connectivity index (χ1) is 17.6. The molecule has 0 bridgehead atoms. The van der Waals surface area contributed by atoms with E-state index in [9.17, 15) is 4.79 Å². The maximum atomic E-state index is 12.7. The summed E-state index contributed by atoms with van der Waals surface area (Å²) in [5, 5.41) is 6.10. The molecular weight excluding hydrogens is 454 g/mol. The molecule has 0 aliphatic heterocycles. The summed E-state index contributed by atoms with van der Waals surface area (Å²) in [5.41, 5.74) is 7.50. The molecule has 1 fully saturated rings. The number of anilines is 2. The van der Waals surface area contributed by atoms with E-state index in [0.717, 1.165) is 49.2 Å². The number of hydrogen-bond acceptors (Lipinski definition) is 3. The Balaban J connectivity index is 1.53. The van der Waals surface area contributed by atoms with E-state index in [4.69, 9.17) is 4.74 Å². The van der Waals surface area contributed by atoms with Crippen LogP contribution in [0.5, 0.6) is 5.75 Å². The van der Waals surface area contributed by atoms with Gasteiger partial charge < -0.3 is 10.1 Å². The standard InChI is InChI=1S/C34H43NO2/c1-22-11-16-30(24(3)23(22)2)35-31-10-8-9-27-21-33(37-7)28(20-29(27)31)19-25-12-14-26(15-13-25)32(36)17-18-34(4,5)6/h8-11,16-18,20-21,25-26,35H,12-15,19H2,1-7H3/b18-17+. The Bertz CT molecular complexity index is 1300. The van der Waals surface area contributed by atoms with Gasteiger partial charge in [0.1, 0.15) is 5.75 Å². The van der Waals surface area contributed by atoms with Gasteiger partial charge in [0.05, 0.1) is 7.11 Å². The third kappa shape index (κ3) is 6.44. The van der Waals surface area contributed by atoms with E-state index in [1.807, 2.05) is 12.2 Å². The number of ether oxygens (including phenoxy) is 1. The van der Waals surface area contributed by atoms with Gasteiger partial charge >= 0.3 is 0 Å². The fraction of sp³-hybridized carbons (Fsp3) is 0.441. The molecule has 0 unspecified atom stereocenters. The minimum absolute atomic E-state index is 0.0458. The molecule has 0 spiro atoms. The van der Waals surface area contributed by atoms with Crippen molar-refractivity contribution in [2.45, 2.75) is 73.6 Å². The summed E-state index contributed by atoms with van der Waals surface area (Å²) in [6.07, 6.45) is 8.98. The second kappa shape index (κ2) is 11.1. The third-order valence-electron chi connectivity index (χ3n) is 8.11. The van der Waals surface area contributed by atoms with Gasteiger partial charge in [-0.05, 0) is 122 Å². The Hall–Kier alpha value is -3.07. The molecule has 1 aliphatic carbocycles. The van der Waals surface area contributed by atoms with Crippen molar-refractivity contribution in [2.75, 3.05) is 12.4 Å². The van der Waals surface area contributed by atoms with Crippen LogP contribution < -0.4 is 10.1 Å². The molecule has 3 aromatic rings. The van der Waals surface area contributed by atoms with Gasteiger partial charge in [-0.25, -0.2) is 0 Å². The topological polar surface area (TPSA) is 38.3 Å². The monoisotopic (exact) mass is 497 g/mol. The summed E-state index contributed by atoms with van der Waals surface area (Å²) in [4.78, 5) is 12.7. The number of carbonyl (C=O) groups is 1. The van der Waals surface area contributed by atoms with Crippen LogP contribution in [0.3, 0.4) is 0 Å². The van der Waals surface area contributed by atoms with Gasteiger partial charge in [-0.3, -0.25) is 4.79 Å². The molecule has 0 radical (unpaired) electrons. The summed E-state index contributed by atoms with van der Waals surface area (Å²) < 4.78 is 5.84. The highest BCUT2D eigenvalue weighted by Gasteiger charge is 2.26. The first-order valence-corrected chi connectivity index (χ1v) is 13.7. The minimum Gasteiger partial charge on any atom is -0.496 e. The Kier molecular flexibility index (Phi) is 8.11. The molecule has 3 aromatic carbocycles. The number of aryl methyl sites for hydroxylation is 1. The molecule has 0 atom stereocenters. The van der Waals surface area contributed by atoms with Crippen LogP contribution in [0.15, 0.2) is 54.6 Å². The van der Waals surface area contributed by atoms with Crippen molar-refractivity contribution < 1.29 is 9.53 Å². The van der Waals surface area contributed by atoms with Crippen LogP contribution in [0.4, 0.5) is 11.4 Å². The number of benzene rings is 3. The van der Waals surface area contributed by atoms with Crippen LogP contribution in [0, 0.1) is 38.0 Å². The zero-order valence-electron chi connectivity index (χ0n) is 23.7. The molecule has 4 rings (SSSR count). The summed E-state index contributed by atoms with van der Waals surface area (Å²) >= 11 is 0. The van der Waals surface area contributed by atoms with Crippen LogP contribution in [0.1, 0.15) is 68.7 Å². The summed E-state index contributed by atoms with van der Waals surface area (Å²) in [5.74, 6) is 2.00. The Morgan fingerprint density at radius 1 is 0.973 bits per heavy atom. The zero-order valence-corrected chi connectivity index (χ0v) is 23.7. The van der Waals surface area contributed by atoms with E-state index in [0.29, 0.717) is 11.7 Å². The van der Waals surface area contributed by atoms with E-state index in [1.54, 1.807) is 7.11 Å². The van der Waals surface area contributed by atoms with Gasteiger partial charge in [0.2, 0.25) is 0 Å². The second-order valence-electron chi connectivity index (χ2n) is 12.0. The number of fused-ring (bicyclic) bond motifs is 1. The number of hydrogen-bond donors (Lipinski definition) is 1. The lowest BCUT2D eigenvalue weighted by Crippen LogP contribution is -2.22. The van der Waals surface area contributed by atoms with Gasteiger partial charge in [-0.2, -0.15) is 0 Å². The summed E-state index contributed by atoms with van der Waals surface area (Å²) in [7, 11) is 1.77. The van der Waals surface area contributed by atoms with Crippen molar-refractivity contribution >= 4 is 27.9 Å². The minimum atomic E-state index is 0.0458. The average Bonchev–Trinajstić information content (AvgIpc) is 2.87. The molecule has 3 heteroatoms. The van der Waals surface area contributed by atoms with E-state index >= 15 is 0 Å². The van der Waals surface area contributed by atoms with Crippen molar-refractivity contribution in [3.8, 4) is 5.75 Å². The maximum Gasteiger partial charge on any atom is 0.158 e. The lowest BCUT2D eigenvalue weighted by Gasteiger charge is -2.28. The Morgan fingerprint density at radius 2 is 1.70 bits per heavy atom. The summed E-state index contributed by atoms with van der Waals surface area (Å²) in [6.45, 7) is 12.9. The maximum absolute atomic E-state index is 12.7. The first kappa shape index (κ1) is 27.0. The van der Waals surface area contributed by atoms with Gasteiger partial charge in [-0.1, -0.05) is 45.0 Å². The van der Waals surface area contributed by atoms with Gasteiger partial charge in [0.25, 0.3) is 0 Å². The molecule has 196 valence electrons. The molecule has 3 nitrogen and oxygen atoms in total. The molecule has 0 saturated heterocycles. The molecule has 1 N–H and O–H groups in total. The Morgan fingerprint density at radius 3 is 2.38 bits per heavy atom. The van der Waals surface area contributed by atoms with E-state index in [-0.39, 0.29) is 11.3 Å². The molecule has 0 amide bonds. The van der Waals surface area contributed by atoms with E-state index < -0.39 is 0 Å². The van der Waals surface area contributed by atoms with Gasteiger partial charge in [-0.15, -0.1) is 0 Å². The number of ketones is 1. The van der Waals surface area contributed by atoms with Crippen LogP contribution >= 0.6 is 0 Å². The number of methoxy groups -OCH3 is 1. The Labute approximate surface area is 223 Å². The number of rotatable bonds is 7. The van der Waals surface area contributed by atoms with Crippen LogP contribution in [-0.2, 0) is 11.2 Å². The number of carbonyl (C=O) groups excluding carboxylic acids is 1. The average molecular weight is 498 g/mol. The normalized spacial score (nSPS) is 18.4. The van der Waals surface area contributed by atoms with Gasteiger partial charge in [0, 0.05) is 22.7 Å².